The summed E-state index contributed by atoms with van der Waals surface area (Å²) in [5.41, 5.74) is 26.6. The lowest BCUT2D eigenvalue weighted by atomic mass is 10.1. The maximum absolute atomic E-state index is 12.2. The molecule has 572 valence electrons. The number of nitrogens with zero attached hydrogens (tertiary/aromatic N) is 24. The number of ether oxygens (including phenoxy) is 3. The number of likely N-dealkylation sites (N-methyl/N-ethyl adjacent to an activating group) is 2. The van der Waals surface area contributed by atoms with Crippen molar-refractivity contribution in [2.75, 3.05) is 180 Å². The molecule has 0 aromatic carbocycles. The quantitative estimate of drug-likeness (QED) is 0.0690. The second kappa shape index (κ2) is 31.9. The van der Waals surface area contributed by atoms with Crippen molar-refractivity contribution < 1.29 is 22.6 Å². The fourth-order valence-electron chi connectivity index (χ4n) is 14.8. The number of halogens is 1. The first-order valence-electron chi connectivity index (χ1n) is 37.9. The maximum atomic E-state index is 12.2. The SMILES string of the molecule is CCC1CCNC1.CNC1CCN(c2nc3c(N4CCOCC4)nc(-c4cnc(N)nc4C)nc3n2CC2CC2)C1.Cc1nc(N)ncc1-c1nc(N2CCOCC2)c2nc(Cl)n(CC3CC3)c2n1.Cc1nc(N)ncc1-c1nc(N2CCOCC2)c2nc(N3CCC(N(C)S(C)(=O)=O)C3)n(CC3CC3)c2n1. The fourth-order valence-corrected chi connectivity index (χ4v) is 15.7. The second-order valence-electron chi connectivity index (χ2n) is 29.6. The maximum Gasteiger partial charge on any atom is 0.220 e. The van der Waals surface area contributed by atoms with E-state index in [1.54, 1.807) is 25.6 Å². The first-order chi connectivity index (χ1) is 51.8. The molecule has 34 nitrogen and oxygen atoms in total. The molecule has 18 rings (SSSR count). The normalized spacial score (nSPS) is 20.6. The van der Waals surface area contributed by atoms with Gasteiger partial charge in [0, 0.05) is 123 Å². The van der Waals surface area contributed by atoms with Crippen LogP contribution < -0.4 is 52.3 Å². The molecule has 15 heterocycles. The average Bonchev–Trinajstić information content (AvgIpc) is 1.56. The molecule has 9 fully saturated rings. The molecule has 0 amide bonds. The van der Waals surface area contributed by atoms with E-state index < -0.39 is 10.0 Å². The third kappa shape index (κ3) is 16.7. The molecule has 9 aromatic heterocycles. The Balaban J connectivity index is 0.000000123. The van der Waals surface area contributed by atoms with Gasteiger partial charge in [-0.15, -0.1) is 0 Å². The topological polar surface area (TPSA) is 392 Å². The van der Waals surface area contributed by atoms with Crippen LogP contribution in [-0.4, -0.2) is 252 Å². The van der Waals surface area contributed by atoms with Crippen molar-refractivity contribution in [3.05, 3.63) is 41.0 Å². The van der Waals surface area contributed by atoms with Gasteiger partial charge >= 0.3 is 0 Å². The van der Waals surface area contributed by atoms with Gasteiger partial charge in [-0.05, 0) is 134 Å². The molecule has 3 unspecified atom stereocenters. The van der Waals surface area contributed by atoms with Crippen LogP contribution in [0.4, 0.5) is 47.2 Å². The summed E-state index contributed by atoms with van der Waals surface area (Å²) in [6.45, 7) is 24.6. The average molecular weight is 1510 g/mol. The summed E-state index contributed by atoms with van der Waals surface area (Å²) in [7, 11) is 0.407. The molecular formula is C71H100ClN29O5S. The highest BCUT2D eigenvalue weighted by Crippen LogP contribution is 2.41. The molecule has 0 radical (unpaired) electrons. The fraction of sp³-hybridized carbons (Fsp3) is 0.620. The van der Waals surface area contributed by atoms with Gasteiger partial charge in [0.15, 0.2) is 68.4 Å². The molecule has 0 spiro atoms. The van der Waals surface area contributed by atoms with Gasteiger partial charge in [-0.25, -0.2) is 87.5 Å². The van der Waals surface area contributed by atoms with Crippen LogP contribution in [0.25, 0.3) is 67.7 Å². The number of hydrogen-bond acceptors (Lipinski definition) is 30. The van der Waals surface area contributed by atoms with Crippen molar-refractivity contribution in [1.82, 2.24) is 103 Å². The Bertz CT molecular complexity index is 4770. The Hall–Kier alpha value is -8.71. The number of anilines is 8. The second-order valence-corrected chi connectivity index (χ2v) is 32.0. The number of hydrogen-bond donors (Lipinski definition) is 5. The molecule has 36 heteroatoms. The lowest BCUT2D eigenvalue weighted by Crippen LogP contribution is -2.38. The van der Waals surface area contributed by atoms with Gasteiger partial charge < -0.3 is 66.5 Å². The number of sulfonamides is 1. The molecule has 6 aliphatic heterocycles. The van der Waals surface area contributed by atoms with E-state index in [0.717, 1.165) is 175 Å². The van der Waals surface area contributed by atoms with Crippen LogP contribution in [0.1, 0.15) is 88.2 Å². The van der Waals surface area contributed by atoms with Crippen molar-refractivity contribution in [2.45, 2.75) is 124 Å². The Labute approximate surface area is 627 Å². The highest BCUT2D eigenvalue weighted by atomic mass is 35.5. The first-order valence-corrected chi connectivity index (χ1v) is 40.1. The van der Waals surface area contributed by atoms with Crippen LogP contribution in [-0.2, 0) is 43.9 Å². The highest BCUT2D eigenvalue weighted by molar-refractivity contribution is 7.88. The lowest BCUT2D eigenvalue weighted by molar-refractivity contribution is 0.122. The van der Waals surface area contributed by atoms with Crippen LogP contribution >= 0.6 is 11.6 Å². The van der Waals surface area contributed by atoms with Crippen LogP contribution in [0.2, 0.25) is 5.28 Å². The van der Waals surface area contributed by atoms with E-state index >= 15 is 0 Å². The minimum absolute atomic E-state index is 0.103. The third-order valence-corrected chi connectivity index (χ3v) is 23.4. The van der Waals surface area contributed by atoms with E-state index in [4.69, 9.17) is 82.9 Å². The van der Waals surface area contributed by atoms with Crippen LogP contribution in [0.3, 0.4) is 0 Å². The monoisotopic (exact) mass is 1510 g/mol. The third-order valence-electron chi connectivity index (χ3n) is 21.8. The van der Waals surface area contributed by atoms with Gasteiger partial charge in [0.1, 0.15) is 0 Å². The number of aromatic nitrogens is 18. The molecule has 0 bridgehead atoms. The van der Waals surface area contributed by atoms with Crippen molar-refractivity contribution in [1.29, 1.82) is 0 Å². The van der Waals surface area contributed by atoms with Gasteiger partial charge in [-0.3, -0.25) is 13.7 Å². The summed E-state index contributed by atoms with van der Waals surface area (Å²) in [4.78, 5) is 81.5. The molecule has 8 N–H and O–H groups in total. The molecular weight excluding hydrogens is 1410 g/mol. The van der Waals surface area contributed by atoms with E-state index in [-0.39, 0.29) is 23.9 Å². The van der Waals surface area contributed by atoms with E-state index in [0.29, 0.717) is 112 Å². The largest absolute Gasteiger partial charge is 0.378 e. The highest BCUT2D eigenvalue weighted by Gasteiger charge is 2.38. The van der Waals surface area contributed by atoms with Gasteiger partial charge in [-0.1, -0.05) is 13.3 Å². The predicted molar refractivity (Wildman–Crippen MR) is 413 cm³/mol. The lowest BCUT2D eigenvalue weighted by Gasteiger charge is -2.28. The standard InChI is InChI=1S/C24H34N10O3S.C23H32N10O.C18H21ClN8O.C6H13N/c1-15-18(12-26-23(25)27-15)20-29-21(32-8-10-37-11-9-32)19-22(30-20)34(13-16-4-5-16)24(28-19)33-7-6-17(14-33)31(2)38(3,35)36;1-14-17(11-26-22(24)27-14)19-29-20(31-7-9-34-10-8-31)18-21(30-19)33(12-15-3-4-15)23(28-18)32-6-5-16(13-32)25-2;1-10-12(8-21-18(20)22-10)14-24-15(26-4-6-28-7-5-26)13-16(25-14)27(17(19)23-13)9-11-2-3-11;1-2-6-3-4-7-5-6/h12,16-17H,4-11,13-14H2,1-3H3,(H2,25,26,27);11,15-16,25H,3-10,12-13H2,1-2H3,(H2,24,26,27);8,11H,2-7,9H2,1H3,(H2,20,21,22);6-7H,2-5H2,1H3. The summed E-state index contributed by atoms with van der Waals surface area (Å²) >= 11 is 6.50. The minimum atomic E-state index is -3.28. The van der Waals surface area contributed by atoms with E-state index in [2.05, 4.69) is 86.1 Å². The number of fused-ring (bicyclic) bond motifs is 3. The molecule has 3 aliphatic carbocycles. The molecule has 6 saturated heterocycles. The zero-order valence-electron chi connectivity index (χ0n) is 62.4. The summed E-state index contributed by atoms with van der Waals surface area (Å²) in [6.07, 6.45) is 18.2. The summed E-state index contributed by atoms with van der Waals surface area (Å²) in [5, 5.41) is 7.20. The zero-order valence-corrected chi connectivity index (χ0v) is 64.0. The summed E-state index contributed by atoms with van der Waals surface area (Å²) in [5.74, 6) is 9.53. The van der Waals surface area contributed by atoms with E-state index in [1.807, 2.05) is 32.4 Å². The molecule has 9 aromatic rings. The zero-order chi connectivity index (χ0) is 74.2. The van der Waals surface area contributed by atoms with Crippen molar-refractivity contribution in [2.24, 2.45) is 23.7 Å². The summed E-state index contributed by atoms with van der Waals surface area (Å²) in [6, 6.07) is 0.373. The van der Waals surface area contributed by atoms with Gasteiger partial charge in [0.05, 0.1) is 79.7 Å². The molecule has 3 saturated carbocycles. The number of morpholine rings is 3. The number of aryl methyl sites for hydroxylation is 3. The van der Waals surface area contributed by atoms with Gasteiger partial charge in [0.2, 0.25) is 45.0 Å². The molecule has 107 heavy (non-hydrogen) atoms. The van der Waals surface area contributed by atoms with Crippen molar-refractivity contribution in [3.63, 3.8) is 0 Å². The predicted octanol–water partition coefficient (Wildman–Crippen LogP) is 5.19. The Morgan fingerprint density at radius 3 is 1.25 bits per heavy atom. The number of nitrogen functional groups attached to an aromatic ring is 3. The summed E-state index contributed by atoms with van der Waals surface area (Å²) < 4.78 is 49.1. The first kappa shape index (κ1) is 73.8. The number of nitrogens with one attached hydrogen (secondary N) is 2. The van der Waals surface area contributed by atoms with Crippen LogP contribution in [0.15, 0.2) is 18.6 Å². The van der Waals surface area contributed by atoms with Crippen molar-refractivity contribution >= 4 is 102 Å². The smallest absolute Gasteiger partial charge is 0.220 e. The number of nitrogens with two attached hydrogens (primary N) is 3. The van der Waals surface area contributed by atoms with Crippen molar-refractivity contribution in [3.8, 4) is 34.2 Å². The Morgan fingerprint density at radius 2 is 0.897 bits per heavy atom. The van der Waals surface area contributed by atoms with E-state index in [1.165, 1.54) is 75.0 Å². The van der Waals surface area contributed by atoms with Crippen LogP contribution in [0, 0.1) is 44.4 Å². The number of rotatable bonds is 18. The van der Waals surface area contributed by atoms with E-state index in [9.17, 15) is 8.42 Å². The number of imidazole rings is 3. The van der Waals surface area contributed by atoms with Crippen LogP contribution in [0.5, 0.6) is 0 Å². The molecule has 3 atom stereocenters. The Morgan fingerprint density at radius 1 is 0.505 bits per heavy atom. The Kier molecular flexibility index (Phi) is 22.0. The minimum Gasteiger partial charge on any atom is -0.378 e. The molecule has 9 aliphatic rings. The van der Waals surface area contributed by atoms with Gasteiger partial charge in [-0.2, -0.15) is 0 Å². The van der Waals surface area contributed by atoms with Gasteiger partial charge in [0.25, 0.3) is 0 Å².